The molecule has 1 aromatic rings. The van der Waals surface area contributed by atoms with Gasteiger partial charge in [-0.05, 0) is 49.6 Å². The van der Waals surface area contributed by atoms with Crippen molar-refractivity contribution in [1.82, 2.24) is 10.8 Å². The number of rotatable bonds is 1. The Morgan fingerprint density at radius 2 is 1.71 bits per heavy atom. The summed E-state index contributed by atoms with van der Waals surface area (Å²) in [5.74, 6) is -0.298. The molecule has 0 radical (unpaired) electrons. The zero-order valence-electron chi connectivity index (χ0n) is 11.9. The van der Waals surface area contributed by atoms with Crippen molar-refractivity contribution in [2.75, 3.05) is 0 Å². The molecule has 4 nitrogen and oxygen atoms in total. The molecule has 0 aliphatic carbocycles. The summed E-state index contributed by atoms with van der Waals surface area (Å²) in [6.45, 7) is 5.81. The SMILES string of the molecule is Cc1c(Cl)c(C)c(C2=N[C@]3(C=CC=CN3)ON2)c(C)c1Cl. The van der Waals surface area contributed by atoms with Gasteiger partial charge in [-0.2, -0.15) is 0 Å². The van der Waals surface area contributed by atoms with Crippen LogP contribution in [-0.4, -0.2) is 11.7 Å². The van der Waals surface area contributed by atoms with Gasteiger partial charge >= 0.3 is 0 Å². The third-order valence-corrected chi connectivity index (χ3v) is 4.84. The van der Waals surface area contributed by atoms with Crippen LogP contribution in [0.3, 0.4) is 0 Å². The first kappa shape index (κ1) is 14.4. The predicted octanol–water partition coefficient (Wildman–Crippen LogP) is 3.53. The third-order valence-electron chi connectivity index (χ3n) is 3.70. The van der Waals surface area contributed by atoms with Crippen molar-refractivity contribution < 1.29 is 4.84 Å². The average Bonchev–Trinajstić information content (AvgIpc) is 2.87. The first-order valence-corrected chi connectivity index (χ1v) is 7.32. The summed E-state index contributed by atoms with van der Waals surface area (Å²) in [6, 6.07) is 0. The molecule has 0 amide bonds. The summed E-state index contributed by atoms with van der Waals surface area (Å²) >= 11 is 12.7. The molecule has 21 heavy (non-hydrogen) atoms. The molecule has 0 saturated carbocycles. The normalized spacial score (nSPS) is 23.2. The van der Waals surface area contributed by atoms with Crippen LogP contribution in [0.1, 0.15) is 22.3 Å². The van der Waals surface area contributed by atoms with Gasteiger partial charge in [-0.1, -0.05) is 29.3 Å². The van der Waals surface area contributed by atoms with E-state index < -0.39 is 5.85 Å². The number of hydrogen-bond acceptors (Lipinski definition) is 4. The number of allylic oxidation sites excluding steroid dienone is 2. The standard InChI is InChI=1S/C15H15Cl2N3O/c1-8-11(9(2)13(17)10(3)12(8)16)14-19-15(21-20-14)6-4-5-7-18-15/h4-7,18H,1-3H3,(H,19,20)/t15-/m1/s1. The van der Waals surface area contributed by atoms with E-state index in [2.05, 4.69) is 15.8 Å². The fraction of sp³-hybridized carbons (Fsp3) is 0.267. The van der Waals surface area contributed by atoms with E-state index in [1.54, 1.807) is 6.20 Å². The maximum Gasteiger partial charge on any atom is 0.281 e. The van der Waals surface area contributed by atoms with E-state index >= 15 is 0 Å². The zero-order chi connectivity index (χ0) is 15.2. The minimum absolute atomic E-state index is 0.612. The highest BCUT2D eigenvalue weighted by molar-refractivity contribution is 6.37. The van der Waals surface area contributed by atoms with Crippen LogP contribution in [0.4, 0.5) is 0 Å². The van der Waals surface area contributed by atoms with E-state index in [0.29, 0.717) is 15.9 Å². The van der Waals surface area contributed by atoms with E-state index in [-0.39, 0.29) is 0 Å². The number of halogens is 2. The van der Waals surface area contributed by atoms with Crippen LogP contribution in [0, 0.1) is 20.8 Å². The molecule has 0 fully saturated rings. The van der Waals surface area contributed by atoms with E-state index in [4.69, 9.17) is 28.0 Å². The van der Waals surface area contributed by atoms with Crippen molar-refractivity contribution in [1.29, 1.82) is 0 Å². The lowest BCUT2D eigenvalue weighted by molar-refractivity contribution is -0.0343. The molecule has 0 saturated heterocycles. The summed E-state index contributed by atoms with van der Waals surface area (Å²) in [6.07, 6.45) is 7.36. The lowest BCUT2D eigenvalue weighted by Gasteiger charge is -2.21. The van der Waals surface area contributed by atoms with Crippen LogP contribution < -0.4 is 10.8 Å². The number of nitrogens with zero attached hydrogens (tertiary/aromatic N) is 1. The Bertz CT molecular complexity index is 680. The molecule has 0 unspecified atom stereocenters. The molecule has 2 heterocycles. The van der Waals surface area contributed by atoms with Crippen LogP contribution in [0.25, 0.3) is 0 Å². The fourth-order valence-electron chi connectivity index (χ4n) is 2.55. The van der Waals surface area contributed by atoms with E-state index in [1.165, 1.54) is 0 Å². The molecule has 6 heteroatoms. The second-order valence-electron chi connectivity index (χ2n) is 5.10. The first-order valence-electron chi connectivity index (χ1n) is 6.56. The van der Waals surface area contributed by atoms with Gasteiger partial charge in [0.25, 0.3) is 5.85 Å². The van der Waals surface area contributed by atoms with Crippen molar-refractivity contribution in [3.8, 4) is 0 Å². The first-order chi connectivity index (χ1) is 9.95. The van der Waals surface area contributed by atoms with Gasteiger partial charge in [0.2, 0.25) is 0 Å². The Balaban J connectivity index is 2.12. The molecule has 110 valence electrons. The lowest BCUT2D eigenvalue weighted by atomic mass is 9.98. The van der Waals surface area contributed by atoms with Crippen LogP contribution in [-0.2, 0) is 4.84 Å². The summed E-state index contributed by atoms with van der Waals surface area (Å²) in [4.78, 5) is 10.2. The van der Waals surface area contributed by atoms with Crippen LogP contribution in [0.2, 0.25) is 10.0 Å². The maximum absolute atomic E-state index is 6.37. The minimum atomic E-state index is -0.910. The summed E-state index contributed by atoms with van der Waals surface area (Å²) in [7, 11) is 0. The summed E-state index contributed by atoms with van der Waals surface area (Å²) in [5.41, 5.74) is 6.48. The van der Waals surface area contributed by atoms with E-state index in [0.717, 1.165) is 22.3 Å². The number of nitrogens with one attached hydrogen (secondary N) is 2. The fourth-order valence-corrected chi connectivity index (χ4v) is 2.98. The van der Waals surface area contributed by atoms with Gasteiger partial charge in [0, 0.05) is 21.8 Å². The topological polar surface area (TPSA) is 45.7 Å². The molecule has 1 atom stereocenters. The Morgan fingerprint density at radius 3 is 2.29 bits per heavy atom. The largest absolute Gasteiger partial charge is 0.340 e. The summed E-state index contributed by atoms with van der Waals surface area (Å²) in [5, 5.41) is 4.37. The molecule has 0 aromatic heterocycles. The average molecular weight is 324 g/mol. The molecule has 3 rings (SSSR count). The molecule has 2 N–H and O–H groups in total. The second kappa shape index (κ2) is 5.05. The van der Waals surface area contributed by atoms with Gasteiger partial charge in [-0.3, -0.25) is 0 Å². The van der Waals surface area contributed by atoms with Gasteiger partial charge in [0.05, 0.1) is 0 Å². The number of amidine groups is 1. The monoisotopic (exact) mass is 323 g/mol. The number of benzene rings is 1. The van der Waals surface area contributed by atoms with Crippen molar-refractivity contribution in [2.45, 2.75) is 26.6 Å². The molecular weight excluding hydrogens is 309 g/mol. The Morgan fingerprint density at radius 1 is 1.05 bits per heavy atom. The highest BCUT2D eigenvalue weighted by atomic mass is 35.5. The molecule has 0 bridgehead atoms. The Hall–Kier alpha value is -1.49. The lowest BCUT2D eigenvalue weighted by Crippen LogP contribution is -2.41. The highest BCUT2D eigenvalue weighted by Gasteiger charge is 2.36. The van der Waals surface area contributed by atoms with E-state index in [9.17, 15) is 0 Å². The van der Waals surface area contributed by atoms with E-state index in [1.807, 2.05) is 39.0 Å². The molecule has 1 spiro atoms. The van der Waals surface area contributed by atoms with Gasteiger partial charge in [-0.15, -0.1) is 0 Å². The Labute approximate surface area is 133 Å². The minimum Gasteiger partial charge on any atom is -0.340 e. The molecule has 2 aliphatic rings. The van der Waals surface area contributed by atoms with Gasteiger partial charge in [0.15, 0.2) is 5.84 Å². The van der Waals surface area contributed by atoms with Crippen molar-refractivity contribution in [3.05, 3.63) is 56.7 Å². The number of hydroxylamine groups is 1. The number of aliphatic imine (C=N–C) groups is 1. The maximum atomic E-state index is 6.37. The van der Waals surface area contributed by atoms with Crippen molar-refractivity contribution >= 4 is 29.0 Å². The van der Waals surface area contributed by atoms with Crippen LogP contribution >= 0.6 is 23.2 Å². The van der Waals surface area contributed by atoms with Crippen molar-refractivity contribution in [3.63, 3.8) is 0 Å². The Kier molecular flexibility index (Phi) is 3.48. The van der Waals surface area contributed by atoms with Gasteiger partial charge in [0.1, 0.15) is 0 Å². The van der Waals surface area contributed by atoms with Gasteiger partial charge < -0.3 is 5.32 Å². The molecule has 2 aliphatic heterocycles. The molecular formula is C15H15Cl2N3O. The van der Waals surface area contributed by atoms with Crippen molar-refractivity contribution in [2.24, 2.45) is 4.99 Å². The zero-order valence-corrected chi connectivity index (χ0v) is 13.4. The van der Waals surface area contributed by atoms with Crippen LogP contribution in [0.5, 0.6) is 0 Å². The second-order valence-corrected chi connectivity index (χ2v) is 5.86. The third kappa shape index (κ3) is 2.24. The van der Waals surface area contributed by atoms with Gasteiger partial charge in [-0.25, -0.2) is 15.3 Å². The smallest absolute Gasteiger partial charge is 0.281 e. The number of hydrogen-bond donors (Lipinski definition) is 2. The highest BCUT2D eigenvalue weighted by Crippen LogP contribution is 2.35. The van der Waals surface area contributed by atoms with Crippen LogP contribution in [0.15, 0.2) is 29.4 Å². The summed E-state index contributed by atoms with van der Waals surface area (Å²) < 4.78 is 0. The number of dihydropyridines is 1. The quantitative estimate of drug-likeness (QED) is 0.831. The predicted molar refractivity (Wildman–Crippen MR) is 85.6 cm³/mol. The molecule has 1 aromatic carbocycles.